The van der Waals surface area contributed by atoms with Crippen LogP contribution in [0.4, 0.5) is 0 Å². The molecule has 0 bridgehead atoms. The lowest BCUT2D eigenvalue weighted by atomic mass is 9.87. The fourth-order valence-corrected chi connectivity index (χ4v) is 10.2. The summed E-state index contributed by atoms with van der Waals surface area (Å²) in [4.78, 5) is 2.73. The standard InChI is InChI=1S/C50H44N2O/c1-3-12-33(13-4-1)36-26-29-46-43(30-36)41-17-8-10-20-45(41)52(46)39-27-28-42-49(32-39)53-48-21-11-18-40(50(42)48)34-22-24-35(25-23-34)47-31-37-14-7-9-19-44(37)51(47)38-15-5-2-6-16-38/h1,3-5,9-13,15-16,18-30,37,44,47,49H,2,6-8,14,17,31-32H2. The van der Waals surface area contributed by atoms with Gasteiger partial charge >= 0.3 is 0 Å². The minimum Gasteiger partial charge on any atom is -0.485 e. The summed E-state index contributed by atoms with van der Waals surface area (Å²) < 4.78 is 9.31. The number of ether oxygens (including phenoxy) is 1. The number of aromatic nitrogens is 1. The van der Waals surface area contributed by atoms with Gasteiger partial charge in [-0.1, -0.05) is 109 Å². The van der Waals surface area contributed by atoms with Gasteiger partial charge in [0.2, 0.25) is 0 Å². The van der Waals surface area contributed by atoms with Crippen LogP contribution < -0.4 is 4.74 Å². The van der Waals surface area contributed by atoms with Gasteiger partial charge in [0, 0.05) is 40.0 Å². The van der Waals surface area contributed by atoms with E-state index >= 15 is 0 Å². The lowest BCUT2D eigenvalue weighted by Gasteiger charge is -2.35. The first-order valence-electron chi connectivity index (χ1n) is 19.8. The topological polar surface area (TPSA) is 17.4 Å². The molecule has 4 aromatic carbocycles. The van der Waals surface area contributed by atoms with E-state index in [2.05, 4.69) is 155 Å². The molecule has 6 aliphatic rings. The van der Waals surface area contributed by atoms with E-state index < -0.39 is 0 Å². The van der Waals surface area contributed by atoms with Crippen molar-refractivity contribution in [2.45, 2.75) is 69.6 Å². The van der Waals surface area contributed by atoms with E-state index in [4.69, 9.17) is 4.74 Å². The predicted molar refractivity (Wildman–Crippen MR) is 219 cm³/mol. The average Bonchev–Trinajstić information content (AvgIpc) is 3.91. The molecule has 0 saturated carbocycles. The molecule has 260 valence electrons. The SMILES string of the molecule is C1=CC(N2C(c3ccc(-c4cccc5c4C4=CC=C(n6c7c(c8cc(-c9ccccc9)ccc86)CCC=C7)CC4O5)cc3)CC3CCC=CC32)=CCC1. The molecule has 3 nitrogen and oxygen atoms in total. The lowest BCUT2D eigenvalue weighted by Crippen LogP contribution is -2.33. The van der Waals surface area contributed by atoms with Gasteiger partial charge in [-0.15, -0.1) is 0 Å². The van der Waals surface area contributed by atoms with Crippen LogP contribution in [0.15, 0.2) is 145 Å². The highest BCUT2D eigenvalue weighted by molar-refractivity contribution is 5.97. The van der Waals surface area contributed by atoms with Crippen LogP contribution in [-0.2, 0) is 6.42 Å². The Hall–Kier alpha value is -5.54. The normalized spacial score (nSPS) is 23.8. The van der Waals surface area contributed by atoms with Crippen molar-refractivity contribution in [2.24, 2.45) is 5.92 Å². The summed E-state index contributed by atoms with van der Waals surface area (Å²) in [5.74, 6) is 1.72. The van der Waals surface area contributed by atoms with Crippen LogP contribution in [0.1, 0.15) is 73.4 Å². The molecule has 53 heavy (non-hydrogen) atoms. The van der Waals surface area contributed by atoms with Gasteiger partial charge in [-0.3, -0.25) is 0 Å². The van der Waals surface area contributed by atoms with Crippen LogP contribution >= 0.6 is 0 Å². The van der Waals surface area contributed by atoms with Gasteiger partial charge in [0.1, 0.15) is 11.9 Å². The van der Waals surface area contributed by atoms with Crippen LogP contribution in [0.2, 0.25) is 0 Å². The second-order valence-electron chi connectivity index (χ2n) is 15.7. The summed E-state index contributed by atoms with van der Waals surface area (Å²) in [6.07, 6.45) is 30.4. The van der Waals surface area contributed by atoms with E-state index in [1.54, 1.807) is 0 Å². The molecule has 3 heteroatoms. The number of rotatable bonds is 5. The molecule has 0 spiro atoms. The lowest BCUT2D eigenvalue weighted by molar-refractivity contribution is 0.272. The fourth-order valence-electron chi connectivity index (χ4n) is 10.2. The summed E-state index contributed by atoms with van der Waals surface area (Å²) in [5.41, 5.74) is 15.8. The summed E-state index contributed by atoms with van der Waals surface area (Å²) in [6, 6.07) is 34.8. The first-order chi connectivity index (χ1) is 26.3. The average molecular weight is 689 g/mol. The van der Waals surface area contributed by atoms with E-state index in [0.29, 0.717) is 12.1 Å². The molecule has 4 aliphatic carbocycles. The van der Waals surface area contributed by atoms with Crippen LogP contribution in [0.25, 0.3) is 50.5 Å². The minimum atomic E-state index is -0.00467. The first kappa shape index (κ1) is 31.0. The highest BCUT2D eigenvalue weighted by Gasteiger charge is 2.42. The maximum absolute atomic E-state index is 6.81. The van der Waals surface area contributed by atoms with Crippen molar-refractivity contribution in [3.05, 3.63) is 168 Å². The van der Waals surface area contributed by atoms with E-state index in [0.717, 1.165) is 43.8 Å². The molecule has 11 rings (SSSR count). The van der Waals surface area contributed by atoms with Gasteiger partial charge in [-0.05, 0) is 121 Å². The van der Waals surface area contributed by atoms with Crippen LogP contribution in [0.5, 0.6) is 5.75 Å². The molecule has 1 fully saturated rings. The molecule has 3 heterocycles. The van der Waals surface area contributed by atoms with Crippen molar-refractivity contribution in [1.29, 1.82) is 0 Å². The van der Waals surface area contributed by atoms with Crippen molar-refractivity contribution in [2.75, 3.05) is 0 Å². The van der Waals surface area contributed by atoms with Gasteiger partial charge in [-0.2, -0.15) is 0 Å². The summed E-state index contributed by atoms with van der Waals surface area (Å²) in [6.45, 7) is 0. The Morgan fingerprint density at radius 3 is 2.49 bits per heavy atom. The molecule has 0 amide bonds. The van der Waals surface area contributed by atoms with Crippen LogP contribution in [0.3, 0.4) is 0 Å². The van der Waals surface area contributed by atoms with Gasteiger partial charge in [0.25, 0.3) is 0 Å². The maximum Gasteiger partial charge on any atom is 0.130 e. The molecular formula is C50H44N2O. The smallest absolute Gasteiger partial charge is 0.130 e. The molecule has 1 saturated heterocycles. The Morgan fingerprint density at radius 1 is 0.717 bits per heavy atom. The Balaban J connectivity index is 0.933. The van der Waals surface area contributed by atoms with Gasteiger partial charge in [0.15, 0.2) is 0 Å². The highest BCUT2D eigenvalue weighted by atomic mass is 16.5. The zero-order valence-electron chi connectivity index (χ0n) is 30.1. The Bertz CT molecular complexity index is 2450. The van der Waals surface area contributed by atoms with Gasteiger partial charge in [0.05, 0.1) is 17.6 Å². The van der Waals surface area contributed by atoms with Crippen LogP contribution in [-0.4, -0.2) is 21.6 Å². The number of hydrogen-bond acceptors (Lipinski definition) is 2. The molecule has 0 radical (unpaired) electrons. The van der Waals surface area contributed by atoms with Crippen molar-refractivity contribution in [1.82, 2.24) is 9.47 Å². The van der Waals surface area contributed by atoms with Gasteiger partial charge in [-0.25, -0.2) is 0 Å². The third-order valence-corrected chi connectivity index (χ3v) is 12.7. The van der Waals surface area contributed by atoms with E-state index in [1.165, 1.54) is 91.8 Å². The first-order valence-corrected chi connectivity index (χ1v) is 19.8. The third kappa shape index (κ3) is 5.08. The zero-order valence-corrected chi connectivity index (χ0v) is 30.1. The highest BCUT2D eigenvalue weighted by Crippen LogP contribution is 2.50. The Morgan fingerprint density at radius 2 is 1.60 bits per heavy atom. The molecule has 4 atom stereocenters. The second-order valence-corrected chi connectivity index (χ2v) is 15.7. The predicted octanol–water partition coefficient (Wildman–Crippen LogP) is 12.3. The maximum atomic E-state index is 6.81. The Kier molecular flexibility index (Phi) is 7.35. The largest absolute Gasteiger partial charge is 0.485 e. The number of hydrogen-bond donors (Lipinski definition) is 0. The Labute approximate surface area is 312 Å². The fraction of sp³-hybridized carbons (Fsp3) is 0.240. The number of allylic oxidation sites excluding steroid dienone is 7. The van der Waals surface area contributed by atoms with E-state index in [1.807, 2.05) is 0 Å². The van der Waals surface area contributed by atoms with Crippen molar-refractivity contribution in [3.8, 4) is 28.0 Å². The van der Waals surface area contributed by atoms with Crippen molar-refractivity contribution in [3.63, 3.8) is 0 Å². The molecule has 5 aromatic rings. The van der Waals surface area contributed by atoms with Crippen molar-refractivity contribution < 1.29 is 4.74 Å². The summed E-state index contributed by atoms with van der Waals surface area (Å²) in [5, 5.41) is 1.37. The van der Waals surface area contributed by atoms with Crippen molar-refractivity contribution >= 4 is 28.2 Å². The molecule has 4 unspecified atom stereocenters. The molecule has 1 aromatic heterocycles. The summed E-state index contributed by atoms with van der Waals surface area (Å²) in [7, 11) is 0. The number of fused-ring (bicyclic) bond motifs is 7. The minimum absolute atomic E-state index is 0.00467. The third-order valence-electron chi connectivity index (χ3n) is 12.7. The number of benzene rings is 4. The van der Waals surface area contributed by atoms with Gasteiger partial charge < -0.3 is 14.2 Å². The number of nitrogens with zero attached hydrogens (tertiary/aromatic N) is 2. The van der Waals surface area contributed by atoms with E-state index in [-0.39, 0.29) is 6.10 Å². The zero-order chi connectivity index (χ0) is 34.9. The summed E-state index contributed by atoms with van der Waals surface area (Å²) >= 11 is 0. The monoisotopic (exact) mass is 688 g/mol. The second kappa shape index (κ2) is 12.6. The number of aryl methyl sites for hydroxylation is 1. The quantitative estimate of drug-likeness (QED) is 0.171. The van der Waals surface area contributed by atoms with E-state index in [9.17, 15) is 0 Å². The number of likely N-dealkylation sites (tertiary alicyclic amines) is 1. The molecular weight excluding hydrogens is 645 g/mol. The molecule has 2 aliphatic heterocycles. The van der Waals surface area contributed by atoms with Crippen LogP contribution in [0, 0.1) is 5.92 Å². The molecule has 0 N–H and O–H groups in total.